The number of hydrogen-bond donors (Lipinski definition) is 1. The van der Waals surface area contributed by atoms with E-state index in [1.54, 1.807) is 25.3 Å². The summed E-state index contributed by atoms with van der Waals surface area (Å²) in [5.41, 5.74) is 1.60. The van der Waals surface area contributed by atoms with Crippen LogP contribution < -0.4 is 9.47 Å². The van der Waals surface area contributed by atoms with Crippen molar-refractivity contribution in [1.29, 1.82) is 0 Å². The molecular formula is C17H15N3O4. The molecule has 0 bridgehead atoms. The van der Waals surface area contributed by atoms with Crippen molar-refractivity contribution >= 4 is 5.97 Å². The van der Waals surface area contributed by atoms with Crippen LogP contribution in [0.5, 0.6) is 11.5 Å². The van der Waals surface area contributed by atoms with E-state index in [2.05, 4.69) is 10.3 Å². The molecule has 0 aliphatic carbocycles. The lowest BCUT2D eigenvalue weighted by Crippen LogP contribution is -2.03. The number of carbonyl (C=O) groups is 1. The highest BCUT2D eigenvalue weighted by Crippen LogP contribution is 2.31. The minimum Gasteiger partial charge on any atom is -0.493 e. The quantitative estimate of drug-likeness (QED) is 0.776. The van der Waals surface area contributed by atoms with Gasteiger partial charge < -0.3 is 14.6 Å². The van der Waals surface area contributed by atoms with Gasteiger partial charge >= 0.3 is 5.97 Å². The summed E-state index contributed by atoms with van der Waals surface area (Å²) >= 11 is 0. The van der Waals surface area contributed by atoms with E-state index in [1.165, 1.54) is 11.8 Å². The Morgan fingerprint density at radius 3 is 2.38 bits per heavy atom. The van der Waals surface area contributed by atoms with Crippen molar-refractivity contribution < 1.29 is 19.4 Å². The number of ether oxygens (including phenoxy) is 2. The molecule has 122 valence electrons. The van der Waals surface area contributed by atoms with Crippen molar-refractivity contribution in [2.24, 2.45) is 0 Å². The Hall–Kier alpha value is -3.35. The second-order valence-corrected chi connectivity index (χ2v) is 4.91. The van der Waals surface area contributed by atoms with Gasteiger partial charge in [0, 0.05) is 11.6 Å². The van der Waals surface area contributed by atoms with Crippen LogP contribution in [0.2, 0.25) is 0 Å². The third kappa shape index (κ3) is 2.67. The SMILES string of the molecule is COc1ccc(-n2nnc(C(=O)O)c2-c2ccccc2)cc1OC. The molecule has 24 heavy (non-hydrogen) atoms. The maximum absolute atomic E-state index is 11.5. The van der Waals surface area contributed by atoms with E-state index in [9.17, 15) is 9.90 Å². The number of aromatic nitrogens is 3. The largest absolute Gasteiger partial charge is 0.493 e. The van der Waals surface area contributed by atoms with Crippen molar-refractivity contribution in [2.45, 2.75) is 0 Å². The van der Waals surface area contributed by atoms with Crippen molar-refractivity contribution in [1.82, 2.24) is 15.0 Å². The Morgan fingerprint density at radius 1 is 1.04 bits per heavy atom. The van der Waals surface area contributed by atoms with E-state index >= 15 is 0 Å². The molecular weight excluding hydrogens is 310 g/mol. The van der Waals surface area contributed by atoms with Gasteiger partial charge in [-0.25, -0.2) is 9.48 Å². The first-order valence-electron chi connectivity index (χ1n) is 7.12. The standard InChI is InChI=1S/C17H15N3O4/c1-23-13-9-8-12(10-14(13)24-2)20-16(11-6-4-3-5-7-11)15(17(21)22)18-19-20/h3-10H,1-2H3,(H,21,22). The first-order valence-corrected chi connectivity index (χ1v) is 7.12. The molecule has 0 aliphatic heterocycles. The molecule has 2 aromatic carbocycles. The smallest absolute Gasteiger partial charge is 0.358 e. The van der Waals surface area contributed by atoms with Gasteiger partial charge in [0.1, 0.15) is 5.69 Å². The lowest BCUT2D eigenvalue weighted by molar-refractivity contribution is 0.0691. The van der Waals surface area contributed by atoms with Gasteiger partial charge in [-0.05, 0) is 12.1 Å². The Morgan fingerprint density at radius 2 is 1.75 bits per heavy atom. The normalized spacial score (nSPS) is 10.4. The van der Waals surface area contributed by atoms with Gasteiger partial charge in [0.2, 0.25) is 0 Å². The second-order valence-electron chi connectivity index (χ2n) is 4.91. The fraction of sp³-hybridized carbons (Fsp3) is 0.118. The number of methoxy groups -OCH3 is 2. The molecule has 0 fully saturated rings. The van der Waals surface area contributed by atoms with Gasteiger partial charge in [-0.3, -0.25) is 0 Å². The Balaban J connectivity index is 2.21. The van der Waals surface area contributed by atoms with E-state index in [0.29, 0.717) is 28.4 Å². The van der Waals surface area contributed by atoms with Gasteiger partial charge in [0.15, 0.2) is 17.2 Å². The summed E-state index contributed by atoms with van der Waals surface area (Å²) in [4.78, 5) is 11.5. The number of aromatic carboxylic acids is 1. The second kappa shape index (κ2) is 6.41. The maximum Gasteiger partial charge on any atom is 0.358 e. The van der Waals surface area contributed by atoms with Crippen LogP contribution in [0.25, 0.3) is 16.9 Å². The number of carboxylic acids is 1. The zero-order chi connectivity index (χ0) is 17.1. The van der Waals surface area contributed by atoms with E-state index in [-0.39, 0.29) is 5.69 Å². The summed E-state index contributed by atoms with van der Waals surface area (Å²) in [7, 11) is 3.08. The number of carboxylic acid groups (broad SMARTS) is 1. The average Bonchev–Trinajstić information content (AvgIpc) is 3.07. The summed E-state index contributed by atoms with van der Waals surface area (Å²) in [5, 5.41) is 17.2. The van der Waals surface area contributed by atoms with Crippen LogP contribution in [-0.2, 0) is 0 Å². The summed E-state index contributed by atoms with van der Waals surface area (Å²) in [6.45, 7) is 0. The molecule has 0 aliphatic rings. The number of benzene rings is 2. The first kappa shape index (κ1) is 15.5. The van der Waals surface area contributed by atoms with E-state index in [4.69, 9.17) is 9.47 Å². The van der Waals surface area contributed by atoms with Crippen LogP contribution in [0.3, 0.4) is 0 Å². The topological polar surface area (TPSA) is 86.5 Å². The van der Waals surface area contributed by atoms with Crippen molar-refractivity contribution in [2.75, 3.05) is 14.2 Å². The predicted octanol–water partition coefficient (Wildman–Crippen LogP) is 2.65. The summed E-state index contributed by atoms with van der Waals surface area (Å²) in [6.07, 6.45) is 0. The van der Waals surface area contributed by atoms with Crippen LogP contribution in [0.15, 0.2) is 48.5 Å². The van der Waals surface area contributed by atoms with Gasteiger partial charge in [-0.1, -0.05) is 35.5 Å². The molecule has 1 N–H and O–H groups in total. The van der Waals surface area contributed by atoms with Crippen molar-refractivity contribution in [3.63, 3.8) is 0 Å². The van der Waals surface area contributed by atoms with Crippen LogP contribution in [0, 0.1) is 0 Å². The fourth-order valence-electron chi connectivity index (χ4n) is 2.42. The molecule has 7 heteroatoms. The number of rotatable bonds is 5. The highest BCUT2D eigenvalue weighted by atomic mass is 16.5. The molecule has 1 aromatic heterocycles. The first-order chi connectivity index (χ1) is 11.7. The fourth-order valence-corrected chi connectivity index (χ4v) is 2.42. The van der Waals surface area contributed by atoms with E-state index in [1.807, 2.05) is 30.3 Å². The van der Waals surface area contributed by atoms with Crippen LogP contribution >= 0.6 is 0 Å². The highest BCUT2D eigenvalue weighted by Gasteiger charge is 2.22. The summed E-state index contributed by atoms with van der Waals surface area (Å²) < 4.78 is 12.0. The van der Waals surface area contributed by atoms with Gasteiger partial charge in [-0.15, -0.1) is 5.10 Å². The summed E-state index contributed by atoms with van der Waals surface area (Å²) in [6, 6.07) is 14.3. The molecule has 0 atom stereocenters. The lowest BCUT2D eigenvalue weighted by atomic mass is 10.1. The predicted molar refractivity (Wildman–Crippen MR) is 86.9 cm³/mol. The average molecular weight is 325 g/mol. The Labute approximate surface area is 138 Å². The van der Waals surface area contributed by atoms with Crippen LogP contribution in [0.1, 0.15) is 10.5 Å². The molecule has 0 spiro atoms. The molecule has 7 nitrogen and oxygen atoms in total. The molecule has 0 amide bonds. The van der Waals surface area contributed by atoms with E-state index in [0.717, 1.165) is 0 Å². The summed E-state index contributed by atoms with van der Waals surface area (Å²) in [5.74, 6) is -0.0527. The minimum absolute atomic E-state index is 0.115. The van der Waals surface area contributed by atoms with Crippen LogP contribution in [-0.4, -0.2) is 40.3 Å². The number of nitrogens with zero attached hydrogens (tertiary/aromatic N) is 3. The minimum atomic E-state index is -1.14. The monoisotopic (exact) mass is 325 g/mol. The Kier molecular flexibility index (Phi) is 4.15. The molecule has 3 rings (SSSR count). The lowest BCUT2D eigenvalue weighted by Gasteiger charge is -2.11. The van der Waals surface area contributed by atoms with Crippen molar-refractivity contribution in [3.8, 4) is 28.4 Å². The molecule has 0 saturated carbocycles. The van der Waals surface area contributed by atoms with E-state index < -0.39 is 5.97 Å². The molecule has 1 heterocycles. The molecule has 3 aromatic rings. The third-order valence-electron chi connectivity index (χ3n) is 3.53. The van der Waals surface area contributed by atoms with Gasteiger partial charge in [0.05, 0.1) is 19.9 Å². The van der Waals surface area contributed by atoms with Crippen LogP contribution in [0.4, 0.5) is 0 Å². The van der Waals surface area contributed by atoms with Gasteiger partial charge in [-0.2, -0.15) is 0 Å². The Bertz CT molecular complexity index is 875. The molecule has 0 saturated heterocycles. The maximum atomic E-state index is 11.5. The zero-order valence-corrected chi connectivity index (χ0v) is 13.1. The molecule has 0 radical (unpaired) electrons. The number of hydrogen-bond acceptors (Lipinski definition) is 5. The molecule has 0 unspecified atom stereocenters. The highest BCUT2D eigenvalue weighted by molar-refractivity contribution is 5.93. The van der Waals surface area contributed by atoms with Crippen molar-refractivity contribution in [3.05, 3.63) is 54.2 Å². The zero-order valence-electron chi connectivity index (χ0n) is 13.1. The third-order valence-corrected chi connectivity index (χ3v) is 3.53. The van der Waals surface area contributed by atoms with Gasteiger partial charge in [0.25, 0.3) is 0 Å².